The summed E-state index contributed by atoms with van der Waals surface area (Å²) in [5.74, 6) is 1.23. The fourth-order valence-electron chi connectivity index (χ4n) is 3.38. The molecule has 4 heterocycles. The highest BCUT2D eigenvalue weighted by atomic mass is 35.5. The van der Waals surface area contributed by atoms with Crippen LogP contribution in [0, 0.1) is 6.92 Å². The monoisotopic (exact) mass is 534 g/mol. The molecule has 0 spiro atoms. The number of aryl methyl sites for hydroxylation is 1. The Morgan fingerprint density at radius 3 is 2.58 bits per heavy atom. The Morgan fingerprint density at radius 1 is 1.19 bits per heavy atom. The lowest BCUT2D eigenvalue weighted by atomic mass is 10.2. The summed E-state index contributed by atoms with van der Waals surface area (Å²) >= 11 is 5.85. The van der Waals surface area contributed by atoms with Crippen LogP contribution in [0.3, 0.4) is 0 Å². The van der Waals surface area contributed by atoms with Crippen molar-refractivity contribution >= 4 is 27.6 Å². The number of hydrogen-bond donors (Lipinski definition) is 1. The van der Waals surface area contributed by atoms with Gasteiger partial charge in [-0.3, -0.25) is 9.29 Å². The van der Waals surface area contributed by atoms with Gasteiger partial charge >= 0.3 is 0 Å². The zero-order chi connectivity index (χ0) is 25.9. The second kappa shape index (κ2) is 10.6. The number of sulfonamides is 1. The molecule has 1 N–H and O–H groups in total. The fourth-order valence-corrected chi connectivity index (χ4v) is 4.62. The van der Waals surface area contributed by atoms with Gasteiger partial charge in [0.15, 0.2) is 17.4 Å². The number of hydrogen-bond acceptors (Lipinski definition) is 11. The Labute approximate surface area is 211 Å². The third-order valence-electron chi connectivity index (χ3n) is 5.20. The van der Waals surface area contributed by atoms with E-state index in [2.05, 4.69) is 35.0 Å². The van der Waals surface area contributed by atoms with Crippen LogP contribution in [0.2, 0.25) is 5.02 Å². The van der Waals surface area contributed by atoms with Gasteiger partial charge in [0.2, 0.25) is 21.9 Å². The number of methoxy groups -OCH3 is 2. The molecular weight excluding hydrogens is 512 g/mol. The molecule has 190 valence electrons. The molecule has 0 saturated carbocycles. The smallest absolute Gasteiger partial charge is 0.240 e. The highest BCUT2D eigenvalue weighted by molar-refractivity contribution is 7.93. The SMILES string of the molecule is COc1cccc(-c2nnc(NS(=O)(=O)C(C)C(OC)c3ncc(Cl)cn3)n2Cc2cc(C)no2)n1. The maximum absolute atomic E-state index is 13.4. The van der Waals surface area contributed by atoms with E-state index in [9.17, 15) is 8.42 Å². The summed E-state index contributed by atoms with van der Waals surface area (Å²) in [6.07, 6.45) is 1.76. The van der Waals surface area contributed by atoms with E-state index < -0.39 is 21.4 Å². The highest BCUT2D eigenvalue weighted by Gasteiger charge is 2.34. The molecule has 0 amide bonds. The van der Waals surface area contributed by atoms with Crippen molar-refractivity contribution in [2.75, 3.05) is 18.9 Å². The van der Waals surface area contributed by atoms with Gasteiger partial charge in [-0.1, -0.05) is 22.8 Å². The van der Waals surface area contributed by atoms with Crippen LogP contribution in [0.5, 0.6) is 5.88 Å². The van der Waals surface area contributed by atoms with Gasteiger partial charge in [0, 0.05) is 31.6 Å². The zero-order valence-electron chi connectivity index (χ0n) is 19.8. The lowest BCUT2D eigenvalue weighted by molar-refractivity contribution is 0.0950. The number of rotatable bonds is 10. The lowest BCUT2D eigenvalue weighted by Crippen LogP contribution is -2.33. The van der Waals surface area contributed by atoms with Crippen LogP contribution in [-0.2, 0) is 21.3 Å². The first-order chi connectivity index (χ1) is 17.2. The van der Waals surface area contributed by atoms with Crippen LogP contribution in [0.15, 0.2) is 41.2 Å². The van der Waals surface area contributed by atoms with E-state index in [1.165, 1.54) is 38.1 Å². The van der Waals surface area contributed by atoms with Crippen molar-refractivity contribution in [3.63, 3.8) is 0 Å². The van der Waals surface area contributed by atoms with Crippen LogP contribution >= 0.6 is 11.6 Å². The van der Waals surface area contributed by atoms with E-state index in [0.717, 1.165) is 0 Å². The largest absolute Gasteiger partial charge is 0.481 e. The molecule has 4 aromatic rings. The van der Waals surface area contributed by atoms with Crippen molar-refractivity contribution in [1.29, 1.82) is 0 Å². The molecule has 4 rings (SSSR count). The summed E-state index contributed by atoms with van der Waals surface area (Å²) in [7, 11) is -1.21. The standard InChI is InChI=1S/C21H23ClN8O5S/c1-12-8-15(35-28-12)11-30-20(16-6-5-7-17(25-16)33-3)26-27-21(30)29-36(31,32)13(2)18(34-4)19-23-9-14(22)10-24-19/h5-10,13,18H,11H2,1-4H3,(H,27,29). The average Bonchev–Trinajstić information content (AvgIpc) is 3.46. The molecule has 2 atom stereocenters. The normalized spacial score (nSPS) is 13.4. The molecule has 15 heteroatoms. The van der Waals surface area contributed by atoms with E-state index >= 15 is 0 Å². The average molecular weight is 535 g/mol. The van der Waals surface area contributed by atoms with Gasteiger partial charge < -0.3 is 14.0 Å². The van der Waals surface area contributed by atoms with E-state index in [1.807, 2.05) is 0 Å². The molecule has 0 aliphatic carbocycles. The van der Waals surface area contributed by atoms with E-state index in [0.29, 0.717) is 28.1 Å². The molecule has 2 unspecified atom stereocenters. The van der Waals surface area contributed by atoms with Crippen LogP contribution in [-0.4, -0.2) is 62.8 Å². The zero-order valence-corrected chi connectivity index (χ0v) is 21.4. The topological polar surface area (TPSA) is 160 Å². The van der Waals surface area contributed by atoms with Gasteiger partial charge in [0.25, 0.3) is 0 Å². The number of nitrogens with one attached hydrogen (secondary N) is 1. The van der Waals surface area contributed by atoms with Gasteiger partial charge in [-0.05, 0) is 19.9 Å². The van der Waals surface area contributed by atoms with Crippen LogP contribution in [0.1, 0.15) is 30.3 Å². The summed E-state index contributed by atoms with van der Waals surface area (Å²) in [6.45, 7) is 3.33. The third-order valence-corrected chi connectivity index (χ3v) is 7.09. The molecule has 0 aliphatic heterocycles. The lowest BCUT2D eigenvalue weighted by Gasteiger charge is -2.22. The Bertz CT molecular complexity index is 1440. The first kappa shape index (κ1) is 25.5. The number of ether oxygens (including phenoxy) is 2. The minimum absolute atomic E-state index is 0.0533. The van der Waals surface area contributed by atoms with Crippen molar-refractivity contribution in [3.8, 4) is 17.4 Å². The first-order valence-electron chi connectivity index (χ1n) is 10.6. The van der Waals surface area contributed by atoms with E-state index in [-0.39, 0.29) is 24.1 Å². The van der Waals surface area contributed by atoms with Crippen molar-refractivity contribution in [2.24, 2.45) is 0 Å². The summed E-state index contributed by atoms with van der Waals surface area (Å²) in [5, 5.41) is 11.3. The van der Waals surface area contributed by atoms with Crippen molar-refractivity contribution < 1.29 is 22.4 Å². The summed E-state index contributed by atoms with van der Waals surface area (Å²) in [6, 6.07) is 6.84. The van der Waals surface area contributed by atoms with Crippen molar-refractivity contribution in [1.82, 2.24) is 34.9 Å². The van der Waals surface area contributed by atoms with Gasteiger partial charge in [0.1, 0.15) is 17.0 Å². The van der Waals surface area contributed by atoms with Gasteiger partial charge in [0.05, 0.1) is 24.4 Å². The Hall–Kier alpha value is -3.62. The minimum Gasteiger partial charge on any atom is -0.481 e. The Kier molecular flexibility index (Phi) is 7.47. The number of anilines is 1. The first-order valence-corrected chi connectivity index (χ1v) is 12.5. The maximum atomic E-state index is 13.4. The second-order valence-corrected chi connectivity index (χ2v) is 10.2. The third kappa shape index (κ3) is 5.45. The molecule has 36 heavy (non-hydrogen) atoms. The number of nitrogens with zero attached hydrogens (tertiary/aromatic N) is 7. The van der Waals surface area contributed by atoms with Crippen LogP contribution in [0.25, 0.3) is 11.5 Å². The molecular formula is C21H23ClN8O5S. The van der Waals surface area contributed by atoms with Crippen LogP contribution < -0.4 is 9.46 Å². The van der Waals surface area contributed by atoms with Gasteiger partial charge in [-0.2, -0.15) is 0 Å². The molecule has 0 saturated heterocycles. The van der Waals surface area contributed by atoms with Crippen molar-refractivity contribution in [2.45, 2.75) is 31.7 Å². The fraction of sp³-hybridized carbons (Fsp3) is 0.333. The summed E-state index contributed by atoms with van der Waals surface area (Å²) in [5.41, 5.74) is 1.08. The van der Waals surface area contributed by atoms with E-state index in [4.69, 9.17) is 25.6 Å². The predicted molar refractivity (Wildman–Crippen MR) is 129 cm³/mol. The molecule has 0 aliphatic rings. The number of pyridine rings is 1. The van der Waals surface area contributed by atoms with Gasteiger partial charge in [-0.15, -0.1) is 10.2 Å². The number of halogens is 1. The molecule has 0 bridgehead atoms. The molecule has 0 radical (unpaired) electrons. The Morgan fingerprint density at radius 2 is 1.94 bits per heavy atom. The quantitative estimate of drug-likeness (QED) is 0.318. The summed E-state index contributed by atoms with van der Waals surface area (Å²) in [4.78, 5) is 12.6. The maximum Gasteiger partial charge on any atom is 0.240 e. The summed E-state index contributed by atoms with van der Waals surface area (Å²) < 4.78 is 46.7. The molecule has 4 aromatic heterocycles. The minimum atomic E-state index is -4.08. The molecule has 0 aromatic carbocycles. The van der Waals surface area contributed by atoms with E-state index in [1.54, 1.807) is 31.2 Å². The number of aromatic nitrogens is 7. The van der Waals surface area contributed by atoms with Crippen LogP contribution in [0.4, 0.5) is 5.95 Å². The Balaban J connectivity index is 1.70. The predicted octanol–water partition coefficient (Wildman–Crippen LogP) is 2.65. The van der Waals surface area contributed by atoms with Gasteiger partial charge in [-0.25, -0.2) is 23.4 Å². The van der Waals surface area contributed by atoms with Crippen molar-refractivity contribution in [3.05, 3.63) is 59.0 Å². The molecule has 0 fully saturated rings. The second-order valence-electron chi connectivity index (χ2n) is 7.70. The highest BCUT2D eigenvalue weighted by Crippen LogP contribution is 2.27. The molecule has 13 nitrogen and oxygen atoms in total.